The zero-order valence-electron chi connectivity index (χ0n) is 10.8. The number of ether oxygens (including phenoxy) is 2. The zero-order valence-corrected chi connectivity index (χ0v) is 10.8. The quantitative estimate of drug-likeness (QED) is 0.650. The fraction of sp³-hybridized carbons (Fsp3) is 0.176. The molecule has 94 valence electrons. The van der Waals surface area contributed by atoms with Gasteiger partial charge in [0.25, 0.3) is 0 Å². The van der Waals surface area contributed by atoms with Crippen LogP contribution in [0.4, 0.5) is 0 Å². The van der Waals surface area contributed by atoms with Crippen molar-refractivity contribution in [2.75, 3.05) is 6.61 Å². The van der Waals surface area contributed by atoms with E-state index in [1.807, 2.05) is 19.1 Å². The van der Waals surface area contributed by atoms with Crippen LogP contribution in [-0.2, 0) is 9.47 Å². The molecule has 4 aliphatic rings. The molecule has 0 aromatic heterocycles. The van der Waals surface area contributed by atoms with Gasteiger partial charge in [-0.3, -0.25) is 0 Å². The summed E-state index contributed by atoms with van der Waals surface area (Å²) in [4.78, 5) is 0. The molecule has 0 aromatic rings. The molecule has 0 N–H and O–H groups in total. The van der Waals surface area contributed by atoms with Gasteiger partial charge in [-0.15, -0.1) is 0 Å². The van der Waals surface area contributed by atoms with Crippen molar-refractivity contribution in [2.24, 2.45) is 0 Å². The first-order valence-electron chi connectivity index (χ1n) is 6.55. The number of rotatable bonds is 0. The summed E-state index contributed by atoms with van der Waals surface area (Å²) in [5, 5.41) is 0. The van der Waals surface area contributed by atoms with Crippen LogP contribution in [0.2, 0.25) is 0 Å². The zero-order chi connectivity index (χ0) is 12.8. The SMILES string of the molecule is CC1=CC=C2CC=CC3=C4OCC=CC4=CC3=C2O1. The third-order valence-corrected chi connectivity index (χ3v) is 3.66. The van der Waals surface area contributed by atoms with Crippen LogP contribution < -0.4 is 0 Å². The van der Waals surface area contributed by atoms with Gasteiger partial charge in [0, 0.05) is 16.7 Å². The Morgan fingerprint density at radius 2 is 1.95 bits per heavy atom. The molecule has 2 nitrogen and oxygen atoms in total. The second-order valence-corrected chi connectivity index (χ2v) is 4.98. The fourth-order valence-corrected chi connectivity index (χ4v) is 2.77. The highest BCUT2D eigenvalue weighted by molar-refractivity contribution is 5.68. The molecule has 2 aliphatic carbocycles. The molecule has 0 saturated heterocycles. The number of fused-ring (bicyclic) bond motifs is 3. The van der Waals surface area contributed by atoms with Crippen LogP contribution in [0.1, 0.15) is 13.3 Å². The van der Waals surface area contributed by atoms with E-state index in [9.17, 15) is 0 Å². The lowest BCUT2D eigenvalue weighted by atomic mass is 10.0. The maximum Gasteiger partial charge on any atom is 0.138 e. The molecule has 0 aromatic carbocycles. The highest BCUT2D eigenvalue weighted by Gasteiger charge is 2.28. The Kier molecular flexibility index (Phi) is 2.18. The standard InChI is InChI=1S/C17H14O2/c1-11-7-8-12-4-2-6-14-15(17(12)19-11)10-13-5-3-9-18-16(13)14/h2-3,5-8,10H,4,9H2,1H3. The molecule has 0 saturated carbocycles. The monoisotopic (exact) mass is 250 g/mol. The lowest BCUT2D eigenvalue weighted by Gasteiger charge is -2.18. The predicted molar refractivity (Wildman–Crippen MR) is 73.9 cm³/mol. The molecule has 0 amide bonds. The van der Waals surface area contributed by atoms with Crippen molar-refractivity contribution < 1.29 is 9.47 Å². The van der Waals surface area contributed by atoms with Gasteiger partial charge >= 0.3 is 0 Å². The van der Waals surface area contributed by atoms with E-state index in [2.05, 4.69) is 30.4 Å². The summed E-state index contributed by atoms with van der Waals surface area (Å²) in [6.45, 7) is 2.63. The van der Waals surface area contributed by atoms with Crippen molar-refractivity contribution in [1.29, 1.82) is 0 Å². The first-order chi connectivity index (χ1) is 9.33. The van der Waals surface area contributed by atoms with Crippen LogP contribution in [0, 0.1) is 0 Å². The molecule has 0 atom stereocenters. The number of allylic oxidation sites excluding steroid dienone is 10. The summed E-state index contributed by atoms with van der Waals surface area (Å²) in [5.41, 5.74) is 4.66. The van der Waals surface area contributed by atoms with Crippen LogP contribution >= 0.6 is 0 Å². The molecule has 0 radical (unpaired) electrons. The van der Waals surface area contributed by atoms with E-state index in [4.69, 9.17) is 9.47 Å². The smallest absolute Gasteiger partial charge is 0.138 e. The molecule has 0 fully saturated rings. The van der Waals surface area contributed by atoms with Crippen LogP contribution in [0.3, 0.4) is 0 Å². The second kappa shape index (κ2) is 3.89. The van der Waals surface area contributed by atoms with Gasteiger partial charge in [0.1, 0.15) is 23.9 Å². The van der Waals surface area contributed by atoms with Crippen molar-refractivity contribution in [3.63, 3.8) is 0 Å². The Hall–Kier alpha value is -2.22. The molecule has 2 heteroatoms. The molecular weight excluding hydrogens is 236 g/mol. The van der Waals surface area contributed by atoms with Gasteiger partial charge < -0.3 is 9.47 Å². The van der Waals surface area contributed by atoms with Crippen molar-refractivity contribution in [1.82, 2.24) is 0 Å². The fourth-order valence-electron chi connectivity index (χ4n) is 2.77. The molecular formula is C17H14O2. The van der Waals surface area contributed by atoms with Gasteiger partial charge in [0.2, 0.25) is 0 Å². The minimum absolute atomic E-state index is 0.648. The number of hydrogen-bond acceptors (Lipinski definition) is 2. The van der Waals surface area contributed by atoms with Crippen molar-refractivity contribution in [2.45, 2.75) is 13.3 Å². The topological polar surface area (TPSA) is 18.5 Å². The third-order valence-electron chi connectivity index (χ3n) is 3.66. The Morgan fingerprint density at radius 1 is 1.00 bits per heavy atom. The van der Waals surface area contributed by atoms with E-state index in [0.717, 1.165) is 40.4 Å². The predicted octanol–water partition coefficient (Wildman–Crippen LogP) is 3.84. The summed E-state index contributed by atoms with van der Waals surface area (Å²) < 4.78 is 11.7. The molecule has 2 aliphatic heterocycles. The van der Waals surface area contributed by atoms with Gasteiger partial charge in [-0.1, -0.05) is 24.3 Å². The van der Waals surface area contributed by atoms with Gasteiger partial charge in [0.05, 0.1) is 0 Å². The third kappa shape index (κ3) is 1.56. The summed E-state index contributed by atoms with van der Waals surface area (Å²) in [7, 11) is 0. The van der Waals surface area contributed by atoms with Crippen LogP contribution in [-0.4, -0.2) is 6.61 Å². The van der Waals surface area contributed by atoms with Gasteiger partial charge in [0.15, 0.2) is 0 Å². The number of hydrogen-bond donors (Lipinski definition) is 0. The van der Waals surface area contributed by atoms with E-state index < -0.39 is 0 Å². The van der Waals surface area contributed by atoms with Crippen LogP contribution in [0.15, 0.2) is 82.1 Å². The average molecular weight is 250 g/mol. The summed E-state index contributed by atoms with van der Waals surface area (Å²) >= 11 is 0. The highest BCUT2D eigenvalue weighted by atomic mass is 16.5. The maximum absolute atomic E-state index is 5.96. The van der Waals surface area contributed by atoms with Gasteiger partial charge in [-0.05, 0) is 37.1 Å². The largest absolute Gasteiger partial charge is 0.488 e. The summed E-state index contributed by atoms with van der Waals surface area (Å²) in [6.07, 6.45) is 15.7. The summed E-state index contributed by atoms with van der Waals surface area (Å²) in [5.74, 6) is 2.90. The molecule has 2 heterocycles. The second-order valence-electron chi connectivity index (χ2n) is 4.98. The minimum atomic E-state index is 0.648. The van der Waals surface area contributed by atoms with E-state index in [1.165, 1.54) is 5.57 Å². The van der Waals surface area contributed by atoms with E-state index in [1.54, 1.807) is 0 Å². The maximum atomic E-state index is 5.96. The van der Waals surface area contributed by atoms with Crippen molar-refractivity contribution in [3.8, 4) is 0 Å². The molecule has 4 rings (SSSR count). The van der Waals surface area contributed by atoms with Gasteiger partial charge in [-0.25, -0.2) is 0 Å². The van der Waals surface area contributed by atoms with Gasteiger partial charge in [-0.2, -0.15) is 0 Å². The van der Waals surface area contributed by atoms with E-state index >= 15 is 0 Å². The van der Waals surface area contributed by atoms with E-state index in [-0.39, 0.29) is 0 Å². The lowest BCUT2D eigenvalue weighted by Crippen LogP contribution is -2.02. The normalized spacial score (nSPS) is 23.5. The molecule has 0 bridgehead atoms. The van der Waals surface area contributed by atoms with Crippen molar-refractivity contribution in [3.05, 3.63) is 82.1 Å². The lowest BCUT2D eigenvalue weighted by molar-refractivity contribution is 0.251. The molecule has 19 heavy (non-hydrogen) atoms. The Morgan fingerprint density at radius 3 is 2.89 bits per heavy atom. The molecule has 0 unspecified atom stereocenters. The van der Waals surface area contributed by atoms with Crippen LogP contribution in [0.5, 0.6) is 0 Å². The van der Waals surface area contributed by atoms with E-state index in [0.29, 0.717) is 6.61 Å². The Balaban J connectivity index is 1.95. The average Bonchev–Trinajstić information content (AvgIpc) is 2.70. The van der Waals surface area contributed by atoms with Crippen molar-refractivity contribution >= 4 is 0 Å². The Bertz CT molecular complexity index is 676. The molecule has 0 spiro atoms. The first-order valence-corrected chi connectivity index (χ1v) is 6.55. The Labute approximate surface area is 112 Å². The summed E-state index contributed by atoms with van der Waals surface area (Å²) in [6, 6.07) is 0. The highest BCUT2D eigenvalue weighted by Crippen LogP contribution is 2.42. The first kappa shape index (κ1) is 10.7. The van der Waals surface area contributed by atoms with Crippen LogP contribution in [0.25, 0.3) is 0 Å². The minimum Gasteiger partial charge on any atom is -0.488 e.